The van der Waals surface area contributed by atoms with E-state index in [0.717, 1.165) is 24.2 Å². The van der Waals surface area contributed by atoms with Gasteiger partial charge in [-0.05, 0) is 30.5 Å². The van der Waals surface area contributed by atoms with E-state index < -0.39 is 6.10 Å². The van der Waals surface area contributed by atoms with Crippen LogP contribution >= 0.6 is 0 Å². The minimum absolute atomic E-state index is 0.263. The van der Waals surface area contributed by atoms with Crippen molar-refractivity contribution in [1.29, 1.82) is 0 Å². The Bertz CT molecular complexity index is 412. The largest absolute Gasteiger partial charge is 0.478 e. The minimum Gasteiger partial charge on any atom is -0.478 e. The molecule has 0 fully saturated rings. The quantitative estimate of drug-likeness (QED) is 0.751. The van der Waals surface area contributed by atoms with Crippen LogP contribution in [0.1, 0.15) is 31.4 Å². The number of aryl methyl sites for hydroxylation is 1. The fourth-order valence-corrected chi connectivity index (χ4v) is 2.11. The summed E-state index contributed by atoms with van der Waals surface area (Å²) in [5.41, 5.74) is 2.42. The van der Waals surface area contributed by atoms with Crippen LogP contribution in [0.5, 0.6) is 5.75 Å². The van der Waals surface area contributed by atoms with Gasteiger partial charge in [0, 0.05) is 6.42 Å². The molecule has 0 saturated carbocycles. The van der Waals surface area contributed by atoms with Crippen molar-refractivity contribution < 1.29 is 14.3 Å². The van der Waals surface area contributed by atoms with Crippen molar-refractivity contribution in [3.8, 4) is 5.75 Å². The Kier molecular flexibility index (Phi) is 3.67. The molecule has 0 saturated heterocycles. The molecule has 3 heteroatoms. The molecule has 1 unspecified atom stereocenters. The fraction of sp³-hybridized carbons (Fsp3) is 0.500. The van der Waals surface area contributed by atoms with Gasteiger partial charge < -0.3 is 9.47 Å². The Hall–Kier alpha value is -1.51. The number of carbonyl (C=O) groups excluding carboxylic acids is 1. The molecule has 0 radical (unpaired) electrons. The average molecular weight is 234 g/mol. The second-order valence-electron chi connectivity index (χ2n) is 4.25. The standard InChI is InChI=1S/C14H18O3/c1-3-5-10-6-7-12-11(8-10)9-13(17-12)14(15)16-4-2/h6-8,13H,3-5,9H2,1-2H3. The Morgan fingerprint density at radius 3 is 3.00 bits per heavy atom. The Morgan fingerprint density at radius 1 is 1.47 bits per heavy atom. The highest BCUT2D eigenvalue weighted by Gasteiger charge is 2.30. The zero-order chi connectivity index (χ0) is 12.3. The van der Waals surface area contributed by atoms with Crippen LogP contribution in [0.3, 0.4) is 0 Å². The van der Waals surface area contributed by atoms with E-state index in [9.17, 15) is 4.79 Å². The third kappa shape index (κ3) is 2.60. The third-order valence-electron chi connectivity index (χ3n) is 2.89. The Labute approximate surface area is 102 Å². The van der Waals surface area contributed by atoms with E-state index in [1.165, 1.54) is 5.56 Å². The van der Waals surface area contributed by atoms with Gasteiger partial charge in [-0.1, -0.05) is 25.5 Å². The molecule has 1 aliphatic rings. The molecule has 0 aromatic heterocycles. The molecule has 0 aliphatic carbocycles. The fourth-order valence-electron chi connectivity index (χ4n) is 2.11. The predicted molar refractivity (Wildman–Crippen MR) is 65.2 cm³/mol. The molecular weight excluding hydrogens is 216 g/mol. The lowest BCUT2D eigenvalue weighted by Gasteiger charge is -2.08. The zero-order valence-corrected chi connectivity index (χ0v) is 10.4. The van der Waals surface area contributed by atoms with Crippen molar-refractivity contribution in [2.45, 2.75) is 39.2 Å². The van der Waals surface area contributed by atoms with Gasteiger partial charge >= 0.3 is 5.97 Å². The van der Waals surface area contributed by atoms with E-state index in [0.29, 0.717) is 13.0 Å². The topological polar surface area (TPSA) is 35.5 Å². The van der Waals surface area contributed by atoms with Gasteiger partial charge in [-0.15, -0.1) is 0 Å². The number of benzene rings is 1. The highest BCUT2D eigenvalue weighted by molar-refractivity contribution is 5.76. The predicted octanol–water partition coefficient (Wildman–Crippen LogP) is 2.51. The maximum Gasteiger partial charge on any atom is 0.347 e. The van der Waals surface area contributed by atoms with Gasteiger partial charge in [-0.25, -0.2) is 4.79 Å². The van der Waals surface area contributed by atoms with Crippen molar-refractivity contribution >= 4 is 5.97 Å². The normalized spacial score (nSPS) is 17.4. The highest BCUT2D eigenvalue weighted by Crippen LogP contribution is 2.30. The minimum atomic E-state index is -0.457. The van der Waals surface area contributed by atoms with Crippen LogP contribution in [-0.2, 0) is 22.4 Å². The summed E-state index contributed by atoms with van der Waals surface area (Å²) in [6, 6.07) is 6.16. The van der Waals surface area contributed by atoms with E-state index in [1.807, 2.05) is 6.07 Å². The van der Waals surface area contributed by atoms with Crippen molar-refractivity contribution in [3.05, 3.63) is 29.3 Å². The first kappa shape index (κ1) is 12.0. The monoisotopic (exact) mass is 234 g/mol. The third-order valence-corrected chi connectivity index (χ3v) is 2.89. The smallest absolute Gasteiger partial charge is 0.347 e. The summed E-state index contributed by atoms with van der Waals surface area (Å²) in [4.78, 5) is 11.6. The van der Waals surface area contributed by atoms with Gasteiger partial charge in [0.25, 0.3) is 0 Å². The number of rotatable bonds is 4. The molecule has 0 N–H and O–H groups in total. The van der Waals surface area contributed by atoms with Crippen molar-refractivity contribution in [1.82, 2.24) is 0 Å². The first-order chi connectivity index (χ1) is 8.24. The van der Waals surface area contributed by atoms with E-state index >= 15 is 0 Å². The first-order valence-electron chi connectivity index (χ1n) is 6.19. The van der Waals surface area contributed by atoms with Gasteiger partial charge in [-0.3, -0.25) is 0 Å². The molecule has 0 bridgehead atoms. The number of ether oxygens (including phenoxy) is 2. The Balaban J connectivity index is 2.08. The van der Waals surface area contributed by atoms with Crippen LogP contribution in [0.15, 0.2) is 18.2 Å². The van der Waals surface area contributed by atoms with E-state index in [-0.39, 0.29) is 5.97 Å². The highest BCUT2D eigenvalue weighted by atomic mass is 16.6. The molecular formula is C14H18O3. The zero-order valence-electron chi connectivity index (χ0n) is 10.4. The number of hydrogen-bond acceptors (Lipinski definition) is 3. The molecule has 1 aromatic rings. The summed E-state index contributed by atoms with van der Waals surface area (Å²) >= 11 is 0. The van der Waals surface area contributed by atoms with Crippen LogP contribution in [0.2, 0.25) is 0 Å². The lowest BCUT2D eigenvalue weighted by molar-refractivity contribution is -0.150. The molecule has 1 aromatic carbocycles. The number of hydrogen-bond donors (Lipinski definition) is 0. The molecule has 92 valence electrons. The number of esters is 1. The molecule has 0 amide bonds. The van der Waals surface area contributed by atoms with Gasteiger partial charge in [0.15, 0.2) is 6.10 Å². The Morgan fingerprint density at radius 2 is 2.29 bits per heavy atom. The van der Waals surface area contributed by atoms with Gasteiger partial charge in [-0.2, -0.15) is 0 Å². The molecule has 0 spiro atoms. The van der Waals surface area contributed by atoms with E-state index in [2.05, 4.69) is 19.1 Å². The van der Waals surface area contributed by atoms with Gasteiger partial charge in [0.2, 0.25) is 0 Å². The van der Waals surface area contributed by atoms with Gasteiger partial charge in [0.05, 0.1) is 6.61 Å². The first-order valence-corrected chi connectivity index (χ1v) is 6.19. The molecule has 1 aliphatic heterocycles. The summed E-state index contributed by atoms with van der Waals surface area (Å²) in [6.07, 6.45) is 2.37. The van der Waals surface area contributed by atoms with Crippen molar-refractivity contribution in [2.24, 2.45) is 0 Å². The van der Waals surface area contributed by atoms with Crippen LogP contribution in [0, 0.1) is 0 Å². The number of carbonyl (C=O) groups is 1. The second-order valence-corrected chi connectivity index (χ2v) is 4.25. The summed E-state index contributed by atoms with van der Waals surface area (Å²) in [5.74, 6) is 0.559. The average Bonchev–Trinajstić information content (AvgIpc) is 2.73. The maximum atomic E-state index is 11.6. The van der Waals surface area contributed by atoms with Crippen LogP contribution in [0.25, 0.3) is 0 Å². The van der Waals surface area contributed by atoms with Crippen LogP contribution in [0.4, 0.5) is 0 Å². The van der Waals surface area contributed by atoms with Crippen LogP contribution < -0.4 is 4.74 Å². The molecule has 2 rings (SSSR count). The van der Waals surface area contributed by atoms with Crippen LogP contribution in [-0.4, -0.2) is 18.7 Å². The maximum absolute atomic E-state index is 11.6. The molecule has 1 atom stereocenters. The van der Waals surface area contributed by atoms with Crippen molar-refractivity contribution in [3.63, 3.8) is 0 Å². The molecule has 17 heavy (non-hydrogen) atoms. The SMILES string of the molecule is CCCc1ccc2c(c1)CC(C(=O)OCC)O2. The number of fused-ring (bicyclic) bond motifs is 1. The molecule has 1 heterocycles. The van der Waals surface area contributed by atoms with E-state index in [4.69, 9.17) is 9.47 Å². The lowest BCUT2D eigenvalue weighted by atomic mass is 10.0. The van der Waals surface area contributed by atoms with Gasteiger partial charge in [0.1, 0.15) is 5.75 Å². The second kappa shape index (κ2) is 5.21. The van der Waals surface area contributed by atoms with E-state index in [1.54, 1.807) is 6.92 Å². The van der Waals surface area contributed by atoms with Crippen molar-refractivity contribution in [2.75, 3.05) is 6.61 Å². The summed E-state index contributed by atoms with van der Waals surface area (Å²) in [7, 11) is 0. The summed E-state index contributed by atoms with van der Waals surface area (Å²) in [6.45, 7) is 4.36. The summed E-state index contributed by atoms with van der Waals surface area (Å²) < 4.78 is 10.6. The summed E-state index contributed by atoms with van der Waals surface area (Å²) in [5, 5.41) is 0. The lowest BCUT2D eigenvalue weighted by Crippen LogP contribution is -2.27. The molecule has 3 nitrogen and oxygen atoms in total.